The third-order valence-electron chi connectivity index (χ3n) is 3.06. The van der Waals surface area contributed by atoms with Crippen molar-refractivity contribution in [1.82, 2.24) is 15.1 Å². The third-order valence-corrected chi connectivity index (χ3v) is 3.06. The van der Waals surface area contributed by atoms with E-state index in [1.165, 1.54) is 25.7 Å². The SMILES string of the molecule is CCCCCCNCc1c(C(=O)OCC)cnn1C. The highest BCUT2D eigenvalue weighted by Crippen LogP contribution is 2.09. The van der Waals surface area contributed by atoms with E-state index in [9.17, 15) is 4.79 Å². The van der Waals surface area contributed by atoms with Crippen molar-refractivity contribution in [3.05, 3.63) is 17.5 Å². The lowest BCUT2D eigenvalue weighted by Gasteiger charge is -2.07. The minimum Gasteiger partial charge on any atom is -0.462 e. The molecule has 0 fully saturated rings. The van der Waals surface area contributed by atoms with Crippen LogP contribution in [0.2, 0.25) is 0 Å². The zero-order valence-electron chi connectivity index (χ0n) is 12.2. The van der Waals surface area contributed by atoms with Crippen LogP contribution in [-0.2, 0) is 18.3 Å². The van der Waals surface area contributed by atoms with E-state index in [-0.39, 0.29) is 5.97 Å². The van der Waals surface area contributed by atoms with Crippen molar-refractivity contribution in [1.29, 1.82) is 0 Å². The summed E-state index contributed by atoms with van der Waals surface area (Å²) in [7, 11) is 1.84. The number of esters is 1. The van der Waals surface area contributed by atoms with Gasteiger partial charge in [0.1, 0.15) is 5.56 Å². The summed E-state index contributed by atoms with van der Waals surface area (Å²) in [4.78, 5) is 11.7. The van der Waals surface area contributed by atoms with E-state index in [0.717, 1.165) is 12.2 Å². The van der Waals surface area contributed by atoms with Crippen LogP contribution in [0.15, 0.2) is 6.20 Å². The van der Waals surface area contributed by atoms with Gasteiger partial charge >= 0.3 is 5.97 Å². The second-order valence-electron chi connectivity index (χ2n) is 4.59. The number of aromatic nitrogens is 2. The second kappa shape index (κ2) is 8.69. The molecule has 108 valence electrons. The molecule has 0 spiro atoms. The van der Waals surface area contributed by atoms with Gasteiger partial charge in [0.2, 0.25) is 0 Å². The smallest absolute Gasteiger partial charge is 0.341 e. The van der Waals surface area contributed by atoms with Gasteiger partial charge in [-0.1, -0.05) is 26.2 Å². The van der Waals surface area contributed by atoms with Crippen LogP contribution in [0.1, 0.15) is 55.6 Å². The minimum atomic E-state index is -0.293. The molecule has 1 heterocycles. The number of hydrogen-bond donors (Lipinski definition) is 1. The summed E-state index contributed by atoms with van der Waals surface area (Å²) in [5, 5.41) is 7.48. The first-order valence-corrected chi connectivity index (χ1v) is 7.09. The Morgan fingerprint density at radius 3 is 2.84 bits per heavy atom. The number of carbonyl (C=O) groups is 1. The van der Waals surface area contributed by atoms with Crippen molar-refractivity contribution in [2.75, 3.05) is 13.2 Å². The first-order valence-electron chi connectivity index (χ1n) is 7.09. The monoisotopic (exact) mass is 267 g/mol. The number of nitrogens with one attached hydrogen (secondary N) is 1. The van der Waals surface area contributed by atoms with Crippen LogP contribution in [0.25, 0.3) is 0 Å². The third kappa shape index (κ3) is 5.03. The summed E-state index contributed by atoms with van der Waals surface area (Å²) < 4.78 is 6.75. The highest BCUT2D eigenvalue weighted by Gasteiger charge is 2.16. The standard InChI is InChI=1S/C14H25N3O2/c1-4-6-7-8-9-15-11-13-12(10-16-17(13)3)14(18)19-5-2/h10,15H,4-9,11H2,1-3H3. The predicted molar refractivity (Wildman–Crippen MR) is 75.0 cm³/mol. The maximum absolute atomic E-state index is 11.7. The summed E-state index contributed by atoms with van der Waals surface area (Å²) >= 11 is 0. The summed E-state index contributed by atoms with van der Waals surface area (Å²) in [5.41, 5.74) is 1.44. The van der Waals surface area contributed by atoms with Gasteiger partial charge in [-0.15, -0.1) is 0 Å². The summed E-state index contributed by atoms with van der Waals surface area (Å²) in [6.45, 7) is 6.01. The van der Waals surface area contributed by atoms with Crippen molar-refractivity contribution >= 4 is 5.97 Å². The van der Waals surface area contributed by atoms with Crippen LogP contribution in [0.5, 0.6) is 0 Å². The van der Waals surface area contributed by atoms with Crippen molar-refractivity contribution < 1.29 is 9.53 Å². The Morgan fingerprint density at radius 2 is 2.16 bits per heavy atom. The lowest BCUT2D eigenvalue weighted by molar-refractivity contribution is 0.0524. The fourth-order valence-corrected chi connectivity index (χ4v) is 1.94. The zero-order chi connectivity index (χ0) is 14.1. The molecular weight excluding hydrogens is 242 g/mol. The quantitative estimate of drug-likeness (QED) is 0.551. The Morgan fingerprint density at radius 1 is 1.37 bits per heavy atom. The number of unbranched alkanes of at least 4 members (excludes halogenated alkanes) is 3. The summed E-state index contributed by atoms with van der Waals surface area (Å²) in [6.07, 6.45) is 6.52. The Bertz CT molecular complexity index is 388. The molecule has 1 aromatic rings. The average molecular weight is 267 g/mol. The van der Waals surface area contributed by atoms with E-state index in [4.69, 9.17) is 4.74 Å². The minimum absolute atomic E-state index is 0.293. The Hall–Kier alpha value is -1.36. The van der Waals surface area contributed by atoms with Crippen molar-refractivity contribution in [2.24, 2.45) is 7.05 Å². The Kier molecular flexibility index (Phi) is 7.18. The molecule has 0 aliphatic heterocycles. The van der Waals surface area contributed by atoms with Crippen molar-refractivity contribution in [3.8, 4) is 0 Å². The van der Waals surface area contributed by atoms with Gasteiger partial charge in [0.15, 0.2) is 0 Å². The highest BCUT2D eigenvalue weighted by molar-refractivity contribution is 5.90. The predicted octanol–water partition coefficient (Wildman–Crippen LogP) is 2.27. The molecule has 0 aromatic carbocycles. The molecule has 0 radical (unpaired) electrons. The molecule has 0 aliphatic rings. The van der Waals surface area contributed by atoms with Crippen LogP contribution in [-0.4, -0.2) is 28.9 Å². The van der Waals surface area contributed by atoms with Crippen LogP contribution < -0.4 is 5.32 Å². The summed E-state index contributed by atoms with van der Waals surface area (Å²) in [5.74, 6) is -0.293. The van der Waals surface area contributed by atoms with Gasteiger partial charge in [0.05, 0.1) is 18.5 Å². The molecule has 0 aliphatic carbocycles. The van der Waals surface area contributed by atoms with Gasteiger partial charge in [0, 0.05) is 13.6 Å². The first-order chi connectivity index (χ1) is 9.20. The molecule has 0 unspecified atom stereocenters. The van der Waals surface area contributed by atoms with E-state index >= 15 is 0 Å². The van der Waals surface area contributed by atoms with Gasteiger partial charge in [-0.2, -0.15) is 5.10 Å². The molecular formula is C14H25N3O2. The van der Waals surface area contributed by atoms with E-state index in [1.54, 1.807) is 17.8 Å². The van der Waals surface area contributed by atoms with Gasteiger partial charge < -0.3 is 10.1 Å². The van der Waals surface area contributed by atoms with Crippen molar-refractivity contribution in [2.45, 2.75) is 46.1 Å². The zero-order valence-corrected chi connectivity index (χ0v) is 12.2. The number of aryl methyl sites for hydroxylation is 1. The van der Waals surface area contributed by atoms with Gasteiger partial charge in [-0.3, -0.25) is 4.68 Å². The lowest BCUT2D eigenvalue weighted by atomic mass is 10.2. The van der Waals surface area contributed by atoms with Gasteiger partial charge in [0.25, 0.3) is 0 Å². The van der Waals surface area contributed by atoms with Crippen LogP contribution >= 0.6 is 0 Å². The Balaban J connectivity index is 2.44. The molecule has 0 saturated carbocycles. The van der Waals surface area contributed by atoms with Crippen molar-refractivity contribution in [3.63, 3.8) is 0 Å². The molecule has 1 N–H and O–H groups in total. The number of rotatable bonds is 9. The van der Waals surface area contributed by atoms with E-state index in [0.29, 0.717) is 18.7 Å². The number of hydrogen-bond acceptors (Lipinski definition) is 4. The molecule has 0 saturated heterocycles. The molecule has 1 aromatic heterocycles. The normalized spacial score (nSPS) is 10.7. The molecule has 0 amide bonds. The molecule has 0 bridgehead atoms. The largest absolute Gasteiger partial charge is 0.462 e. The molecule has 5 nitrogen and oxygen atoms in total. The fraction of sp³-hybridized carbons (Fsp3) is 0.714. The highest BCUT2D eigenvalue weighted by atomic mass is 16.5. The Labute approximate surface area is 115 Å². The van der Waals surface area contributed by atoms with Crippen LogP contribution in [0, 0.1) is 0 Å². The van der Waals surface area contributed by atoms with Gasteiger partial charge in [-0.05, 0) is 19.9 Å². The van der Waals surface area contributed by atoms with E-state index in [1.807, 2.05) is 7.05 Å². The van der Waals surface area contributed by atoms with Gasteiger partial charge in [-0.25, -0.2) is 4.79 Å². The van der Waals surface area contributed by atoms with Crippen LogP contribution in [0.3, 0.4) is 0 Å². The topological polar surface area (TPSA) is 56.1 Å². The summed E-state index contributed by atoms with van der Waals surface area (Å²) in [6, 6.07) is 0. The maximum Gasteiger partial charge on any atom is 0.341 e. The molecule has 1 rings (SSSR count). The average Bonchev–Trinajstić information content (AvgIpc) is 2.76. The number of carbonyl (C=O) groups excluding carboxylic acids is 1. The first kappa shape index (κ1) is 15.7. The van der Waals surface area contributed by atoms with E-state index < -0.39 is 0 Å². The lowest BCUT2D eigenvalue weighted by Crippen LogP contribution is -2.19. The second-order valence-corrected chi connectivity index (χ2v) is 4.59. The fourth-order valence-electron chi connectivity index (χ4n) is 1.94. The number of ether oxygens (including phenoxy) is 1. The number of nitrogens with zero attached hydrogens (tertiary/aromatic N) is 2. The molecule has 19 heavy (non-hydrogen) atoms. The van der Waals surface area contributed by atoms with Crippen LogP contribution in [0.4, 0.5) is 0 Å². The molecule has 0 atom stereocenters. The molecule has 5 heteroatoms. The maximum atomic E-state index is 11.7. The van der Waals surface area contributed by atoms with E-state index in [2.05, 4.69) is 17.3 Å².